The number of nitrogens with one attached hydrogen (secondary N) is 1. The molecule has 0 atom stereocenters. The third kappa shape index (κ3) is 6.24. The molecule has 0 bridgehead atoms. The van der Waals surface area contributed by atoms with Crippen molar-refractivity contribution in [1.82, 2.24) is 5.43 Å². The third-order valence-electron chi connectivity index (χ3n) is 3.72. The van der Waals surface area contributed by atoms with Crippen molar-refractivity contribution >= 4 is 12.1 Å². The van der Waals surface area contributed by atoms with E-state index in [0.29, 0.717) is 19.1 Å². The second kappa shape index (κ2) is 9.61. The Kier molecular flexibility index (Phi) is 7.21. The summed E-state index contributed by atoms with van der Waals surface area (Å²) in [6, 6.07) is 13.8. The van der Waals surface area contributed by atoms with Crippen LogP contribution in [0.3, 0.4) is 0 Å². The summed E-state index contributed by atoms with van der Waals surface area (Å²) in [6.45, 7) is 8.73. The maximum atomic E-state index is 10.8. The second-order valence-electron chi connectivity index (χ2n) is 6.39. The van der Waals surface area contributed by atoms with Crippen molar-refractivity contribution in [2.45, 2.75) is 33.6 Å². The molecule has 0 spiro atoms. The Morgan fingerprint density at radius 3 is 2.46 bits per heavy atom. The van der Waals surface area contributed by atoms with E-state index in [1.54, 1.807) is 6.21 Å². The fourth-order valence-corrected chi connectivity index (χ4v) is 2.40. The number of benzene rings is 2. The van der Waals surface area contributed by atoms with Crippen molar-refractivity contribution < 1.29 is 14.3 Å². The average molecular weight is 354 g/mol. The lowest BCUT2D eigenvalue weighted by Crippen LogP contribution is -2.12. The van der Waals surface area contributed by atoms with E-state index < -0.39 is 0 Å². The van der Waals surface area contributed by atoms with Crippen molar-refractivity contribution in [2.75, 3.05) is 13.2 Å². The molecule has 0 saturated carbocycles. The zero-order valence-electron chi connectivity index (χ0n) is 15.8. The van der Waals surface area contributed by atoms with Crippen molar-refractivity contribution in [3.05, 3.63) is 59.2 Å². The van der Waals surface area contributed by atoms with Gasteiger partial charge in [-0.1, -0.05) is 26.0 Å². The average Bonchev–Trinajstić information content (AvgIpc) is 2.59. The summed E-state index contributed by atoms with van der Waals surface area (Å²) in [5.74, 6) is 1.90. The Balaban J connectivity index is 1.82. The SMILES string of the molecule is CC(=O)N/N=C\c1ccc(OCCOc2cc(C)ccc2C(C)C)cc1. The first-order chi connectivity index (χ1) is 12.5. The number of nitrogens with zero attached hydrogens (tertiary/aromatic N) is 1. The van der Waals surface area contributed by atoms with Crippen molar-refractivity contribution in [1.29, 1.82) is 0 Å². The first-order valence-corrected chi connectivity index (χ1v) is 8.71. The van der Waals surface area contributed by atoms with E-state index in [1.807, 2.05) is 24.3 Å². The summed E-state index contributed by atoms with van der Waals surface area (Å²) in [5, 5.41) is 3.82. The molecule has 0 unspecified atom stereocenters. The van der Waals surface area contributed by atoms with Crippen LogP contribution < -0.4 is 14.9 Å². The molecule has 0 fully saturated rings. The number of carbonyl (C=O) groups is 1. The number of rotatable bonds is 8. The van der Waals surface area contributed by atoms with Gasteiger partial charge in [0.25, 0.3) is 0 Å². The molecule has 0 aliphatic heterocycles. The van der Waals surface area contributed by atoms with Gasteiger partial charge in [0.15, 0.2) is 0 Å². The zero-order valence-corrected chi connectivity index (χ0v) is 15.8. The minimum Gasteiger partial charge on any atom is -0.490 e. The first kappa shape index (κ1) is 19.5. The van der Waals surface area contributed by atoms with E-state index in [0.717, 1.165) is 17.1 Å². The number of ether oxygens (including phenoxy) is 2. The molecule has 0 aliphatic rings. The maximum absolute atomic E-state index is 10.8. The van der Waals surface area contributed by atoms with Gasteiger partial charge in [-0.2, -0.15) is 5.10 Å². The highest BCUT2D eigenvalue weighted by Gasteiger charge is 2.08. The molecule has 1 amide bonds. The minimum atomic E-state index is -0.199. The van der Waals surface area contributed by atoms with Gasteiger partial charge in [-0.25, -0.2) is 5.43 Å². The van der Waals surface area contributed by atoms with Crippen molar-refractivity contribution in [3.63, 3.8) is 0 Å². The van der Waals surface area contributed by atoms with Gasteiger partial charge in [-0.05, 0) is 59.9 Å². The van der Waals surface area contributed by atoms with Gasteiger partial charge in [0, 0.05) is 6.92 Å². The van der Waals surface area contributed by atoms with E-state index in [4.69, 9.17) is 9.47 Å². The van der Waals surface area contributed by atoms with Crippen LogP contribution in [0.25, 0.3) is 0 Å². The lowest BCUT2D eigenvalue weighted by molar-refractivity contribution is -0.118. The monoisotopic (exact) mass is 354 g/mol. The molecule has 1 N–H and O–H groups in total. The van der Waals surface area contributed by atoms with Gasteiger partial charge in [0.05, 0.1) is 6.21 Å². The lowest BCUT2D eigenvalue weighted by atomic mass is 10.0. The Labute approximate surface area is 155 Å². The number of hydrazone groups is 1. The van der Waals surface area contributed by atoms with Gasteiger partial charge in [-0.15, -0.1) is 0 Å². The lowest BCUT2D eigenvalue weighted by Gasteiger charge is -2.15. The zero-order chi connectivity index (χ0) is 18.9. The molecule has 0 radical (unpaired) electrons. The highest BCUT2D eigenvalue weighted by atomic mass is 16.5. The van der Waals surface area contributed by atoms with Gasteiger partial charge in [0.1, 0.15) is 24.7 Å². The van der Waals surface area contributed by atoms with Crippen molar-refractivity contribution in [3.8, 4) is 11.5 Å². The van der Waals surface area contributed by atoms with Crippen LogP contribution in [0.15, 0.2) is 47.6 Å². The summed E-state index contributed by atoms with van der Waals surface area (Å²) in [4.78, 5) is 10.8. The quantitative estimate of drug-likeness (QED) is 0.442. The molecule has 0 aromatic heterocycles. The van der Waals surface area contributed by atoms with E-state index in [-0.39, 0.29) is 5.91 Å². The van der Waals surface area contributed by atoms with Gasteiger partial charge >= 0.3 is 0 Å². The van der Waals surface area contributed by atoms with Crippen molar-refractivity contribution in [2.24, 2.45) is 5.10 Å². The topological polar surface area (TPSA) is 59.9 Å². The summed E-state index contributed by atoms with van der Waals surface area (Å²) < 4.78 is 11.6. The summed E-state index contributed by atoms with van der Waals surface area (Å²) >= 11 is 0. The van der Waals surface area contributed by atoms with Crippen LogP contribution in [0.5, 0.6) is 11.5 Å². The van der Waals surface area contributed by atoms with Crippen LogP contribution >= 0.6 is 0 Å². The van der Waals surface area contributed by atoms with Crippen LogP contribution in [0.1, 0.15) is 43.4 Å². The first-order valence-electron chi connectivity index (χ1n) is 8.71. The van der Waals surface area contributed by atoms with E-state index >= 15 is 0 Å². The Morgan fingerprint density at radius 2 is 1.81 bits per heavy atom. The van der Waals surface area contributed by atoms with Crippen LogP contribution in [-0.4, -0.2) is 25.3 Å². The number of hydrogen-bond acceptors (Lipinski definition) is 4. The minimum absolute atomic E-state index is 0.199. The predicted molar refractivity (Wildman–Crippen MR) is 104 cm³/mol. The van der Waals surface area contributed by atoms with E-state index in [1.165, 1.54) is 18.1 Å². The molecule has 5 heteroatoms. The molecule has 2 rings (SSSR count). The normalized spacial score (nSPS) is 11.0. The Bertz CT molecular complexity index is 752. The predicted octanol–water partition coefficient (Wildman–Crippen LogP) is 4.05. The Morgan fingerprint density at radius 1 is 1.12 bits per heavy atom. The van der Waals surface area contributed by atoms with Crippen LogP contribution in [-0.2, 0) is 4.79 Å². The number of amides is 1. The fourth-order valence-electron chi connectivity index (χ4n) is 2.40. The molecular formula is C21H26N2O3. The molecule has 0 saturated heterocycles. The largest absolute Gasteiger partial charge is 0.490 e. The summed E-state index contributed by atoms with van der Waals surface area (Å²) in [6.07, 6.45) is 1.58. The van der Waals surface area contributed by atoms with E-state index in [9.17, 15) is 4.79 Å². The summed E-state index contributed by atoms with van der Waals surface area (Å²) in [7, 11) is 0. The molecule has 138 valence electrons. The third-order valence-corrected chi connectivity index (χ3v) is 3.72. The molecular weight excluding hydrogens is 328 g/mol. The molecule has 26 heavy (non-hydrogen) atoms. The molecule has 2 aromatic rings. The highest BCUT2D eigenvalue weighted by molar-refractivity contribution is 5.81. The van der Waals surface area contributed by atoms with Gasteiger partial charge in [0.2, 0.25) is 5.91 Å². The number of carbonyl (C=O) groups excluding carboxylic acids is 1. The highest BCUT2D eigenvalue weighted by Crippen LogP contribution is 2.27. The second-order valence-corrected chi connectivity index (χ2v) is 6.39. The van der Waals surface area contributed by atoms with Gasteiger partial charge < -0.3 is 9.47 Å². The molecule has 0 heterocycles. The Hall–Kier alpha value is -2.82. The van der Waals surface area contributed by atoms with Gasteiger partial charge in [-0.3, -0.25) is 4.79 Å². The molecule has 0 aliphatic carbocycles. The molecule has 2 aromatic carbocycles. The van der Waals surface area contributed by atoms with Crippen LogP contribution in [0.4, 0.5) is 0 Å². The molecule has 5 nitrogen and oxygen atoms in total. The van der Waals surface area contributed by atoms with Crippen LogP contribution in [0, 0.1) is 6.92 Å². The number of aryl methyl sites for hydroxylation is 1. The standard InChI is InChI=1S/C21H26N2O3/c1-15(2)20-10-5-16(3)13-21(20)26-12-11-25-19-8-6-18(7-9-19)14-22-23-17(4)24/h5-10,13-15H,11-12H2,1-4H3,(H,23,24)/b22-14-. The van der Waals surface area contributed by atoms with E-state index in [2.05, 4.69) is 49.5 Å². The smallest absolute Gasteiger partial charge is 0.236 e. The maximum Gasteiger partial charge on any atom is 0.236 e. The van der Waals surface area contributed by atoms with Crippen LogP contribution in [0.2, 0.25) is 0 Å². The fraction of sp³-hybridized carbons (Fsp3) is 0.333. The summed E-state index contributed by atoms with van der Waals surface area (Å²) in [5.41, 5.74) is 5.63. The number of hydrogen-bond donors (Lipinski definition) is 1.